The number of nitrogens with one attached hydrogen (secondary N) is 1. The largest absolute Gasteiger partial charge is 0.316 e. The minimum absolute atomic E-state index is 0.739. The Balaban J connectivity index is 1.89. The molecular formula is C19H30BrN. The molecule has 1 nitrogen and oxygen atoms in total. The van der Waals surface area contributed by atoms with Crippen molar-refractivity contribution in [2.45, 2.75) is 52.4 Å². The summed E-state index contributed by atoms with van der Waals surface area (Å²) in [5.74, 6) is 2.49. The number of hydrogen-bond acceptors (Lipinski definition) is 1. The normalized spacial score (nSPS) is 17.5. The van der Waals surface area contributed by atoms with E-state index >= 15 is 0 Å². The van der Waals surface area contributed by atoms with Gasteiger partial charge in [-0.3, -0.25) is 0 Å². The SMILES string of the molecule is CC(C)CNCC(Cc1cccc(Br)c1)CC1CCCC1. The summed E-state index contributed by atoms with van der Waals surface area (Å²) >= 11 is 3.60. The standard InChI is InChI=1S/C19H30BrN/c1-15(2)13-21-14-18(10-16-6-3-4-7-16)11-17-8-5-9-19(20)12-17/h5,8-9,12,15-16,18,21H,3-4,6-7,10-11,13-14H2,1-2H3. The molecule has 2 rings (SSSR count). The predicted molar refractivity (Wildman–Crippen MR) is 95.6 cm³/mol. The second-order valence-electron chi connectivity index (χ2n) is 7.14. The summed E-state index contributed by atoms with van der Waals surface area (Å²) in [5.41, 5.74) is 1.47. The zero-order valence-corrected chi connectivity index (χ0v) is 15.2. The van der Waals surface area contributed by atoms with Gasteiger partial charge in [-0.15, -0.1) is 0 Å². The molecular weight excluding hydrogens is 322 g/mol. The summed E-state index contributed by atoms with van der Waals surface area (Å²) in [6.07, 6.45) is 8.43. The van der Waals surface area contributed by atoms with Crippen molar-refractivity contribution in [1.29, 1.82) is 0 Å². The summed E-state index contributed by atoms with van der Waals surface area (Å²) in [7, 11) is 0. The Kier molecular flexibility index (Phi) is 7.25. The summed E-state index contributed by atoms with van der Waals surface area (Å²) in [6, 6.07) is 8.83. The first-order valence-corrected chi connectivity index (χ1v) is 9.38. The first-order valence-electron chi connectivity index (χ1n) is 8.58. The molecule has 0 spiro atoms. The van der Waals surface area contributed by atoms with Gasteiger partial charge in [-0.2, -0.15) is 0 Å². The Morgan fingerprint density at radius 1 is 1.19 bits per heavy atom. The molecule has 1 atom stereocenters. The molecule has 1 fully saturated rings. The Morgan fingerprint density at radius 3 is 2.62 bits per heavy atom. The molecule has 21 heavy (non-hydrogen) atoms. The Hall–Kier alpha value is -0.340. The van der Waals surface area contributed by atoms with Gasteiger partial charge in [0.05, 0.1) is 0 Å². The zero-order valence-electron chi connectivity index (χ0n) is 13.6. The van der Waals surface area contributed by atoms with Crippen molar-refractivity contribution in [2.24, 2.45) is 17.8 Å². The van der Waals surface area contributed by atoms with Crippen LogP contribution in [0.25, 0.3) is 0 Å². The van der Waals surface area contributed by atoms with E-state index in [1.807, 2.05) is 0 Å². The quantitative estimate of drug-likeness (QED) is 0.657. The van der Waals surface area contributed by atoms with E-state index in [-0.39, 0.29) is 0 Å². The Labute approximate surface area is 139 Å². The van der Waals surface area contributed by atoms with Crippen molar-refractivity contribution < 1.29 is 0 Å². The summed E-state index contributed by atoms with van der Waals surface area (Å²) in [6.45, 7) is 6.88. The lowest BCUT2D eigenvalue weighted by Gasteiger charge is -2.22. The maximum absolute atomic E-state index is 3.68. The van der Waals surface area contributed by atoms with Crippen LogP contribution in [-0.4, -0.2) is 13.1 Å². The monoisotopic (exact) mass is 351 g/mol. The molecule has 118 valence electrons. The van der Waals surface area contributed by atoms with Gasteiger partial charge in [0.1, 0.15) is 0 Å². The zero-order chi connectivity index (χ0) is 15.1. The Bertz CT molecular complexity index is 410. The van der Waals surface area contributed by atoms with Gasteiger partial charge >= 0.3 is 0 Å². The van der Waals surface area contributed by atoms with Crippen LogP contribution in [0.2, 0.25) is 0 Å². The highest BCUT2D eigenvalue weighted by atomic mass is 79.9. The highest BCUT2D eigenvalue weighted by Crippen LogP contribution is 2.31. The third kappa shape index (κ3) is 6.52. The van der Waals surface area contributed by atoms with Crippen LogP contribution in [0.4, 0.5) is 0 Å². The maximum Gasteiger partial charge on any atom is 0.0177 e. The molecule has 0 saturated heterocycles. The number of rotatable bonds is 8. The second-order valence-corrected chi connectivity index (χ2v) is 8.05. The molecule has 1 aliphatic carbocycles. The van der Waals surface area contributed by atoms with Crippen molar-refractivity contribution >= 4 is 15.9 Å². The van der Waals surface area contributed by atoms with Crippen LogP contribution >= 0.6 is 15.9 Å². The first-order chi connectivity index (χ1) is 10.1. The van der Waals surface area contributed by atoms with E-state index in [0.29, 0.717) is 0 Å². The third-order valence-electron chi connectivity index (χ3n) is 4.54. The van der Waals surface area contributed by atoms with Gasteiger partial charge < -0.3 is 5.32 Å². The smallest absolute Gasteiger partial charge is 0.0177 e. The first kappa shape index (κ1) is 17.0. The second kappa shape index (κ2) is 8.95. The van der Waals surface area contributed by atoms with E-state index in [1.54, 1.807) is 0 Å². The molecule has 1 unspecified atom stereocenters. The molecule has 1 aromatic carbocycles. The van der Waals surface area contributed by atoms with E-state index in [1.165, 1.54) is 55.1 Å². The van der Waals surface area contributed by atoms with E-state index in [2.05, 4.69) is 59.4 Å². The lowest BCUT2D eigenvalue weighted by Crippen LogP contribution is -2.28. The summed E-state index contributed by atoms with van der Waals surface area (Å²) < 4.78 is 1.20. The number of benzene rings is 1. The average Bonchev–Trinajstić information content (AvgIpc) is 2.91. The van der Waals surface area contributed by atoms with Gasteiger partial charge in [0, 0.05) is 4.47 Å². The van der Waals surface area contributed by atoms with Crippen LogP contribution < -0.4 is 5.32 Å². The Morgan fingerprint density at radius 2 is 1.95 bits per heavy atom. The van der Waals surface area contributed by atoms with Crippen molar-refractivity contribution in [3.8, 4) is 0 Å². The van der Waals surface area contributed by atoms with E-state index in [0.717, 1.165) is 24.3 Å². The third-order valence-corrected chi connectivity index (χ3v) is 5.03. The van der Waals surface area contributed by atoms with E-state index in [4.69, 9.17) is 0 Å². The molecule has 1 aliphatic rings. The van der Waals surface area contributed by atoms with Crippen LogP contribution in [0.15, 0.2) is 28.7 Å². The molecule has 0 aromatic heterocycles. The maximum atomic E-state index is 3.68. The van der Waals surface area contributed by atoms with Crippen molar-refractivity contribution in [2.75, 3.05) is 13.1 Å². The van der Waals surface area contributed by atoms with Gasteiger partial charge in [0.25, 0.3) is 0 Å². The van der Waals surface area contributed by atoms with E-state index < -0.39 is 0 Å². The van der Waals surface area contributed by atoms with Gasteiger partial charge in [0.15, 0.2) is 0 Å². The fourth-order valence-electron chi connectivity index (χ4n) is 3.53. The average molecular weight is 352 g/mol. The predicted octanol–water partition coefficient (Wildman–Crippen LogP) is 5.43. The molecule has 0 amide bonds. The molecule has 0 aliphatic heterocycles. The fourth-order valence-corrected chi connectivity index (χ4v) is 3.98. The van der Waals surface area contributed by atoms with Crippen LogP contribution in [0.3, 0.4) is 0 Å². The van der Waals surface area contributed by atoms with E-state index in [9.17, 15) is 0 Å². The minimum atomic E-state index is 0.739. The number of halogens is 1. The lowest BCUT2D eigenvalue weighted by molar-refractivity contribution is 0.351. The molecule has 1 aromatic rings. The molecule has 0 radical (unpaired) electrons. The molecule has 0 heterocycles. The highest BCUT2D eigenvalue weighted by Gasteiger charge is 2.20. The van der Waals surface area contributed by atoms with Crippen LogP contribution in [-0.2, 0) is 6.42 Å². The van der Waals surface area contributed by atoms with Crippen LogP contribution in [0.5, 0.6) is 0 Å². The van der Waals surface area contributed by atoms with Crippen molar-refractivity contribution in [3.05, 3.63) is 34.3 Å². The van der Waals surface area contributed by atoms with Crippen molar-refractivity contribution in [3.63, 3.8) is 0 Å². The van der Waals surface area contributed by atoms with Crippen LogP contribution in [0, 0.1) is 17.8 Å². The molecule has 2 heteroatoms. The lowest BCUT2D eigenvalue weighted by atomic mass is 9.88. The molecule has 1 N–H and O–H groups in total. The van der Waals surface area contributed by atoms with Gasteiger partial charge in [-0.05, 0) is 61.4 Å². The van der Waals surface area contributed by atoms with Crippen molar-refractivity contribution in [1.82, 2.24) is 5.32 Å². The van der Waals surface area contributed by atoms with Crippen LogP contribution in [0.1, 0.15) is 51.5 Å². The van der Waals surface area contributed by atoms with Gasteiger partial charge in [-0.1, -0.05) is 67.6 Å². The molecule has 1 saturated carbocycles. The summed E-state index contributed by atoms with van der Waals surface area (Å²) in [5, 5.41) is 3.68. The summed E-state index contributed by atoms with van der Waals surface area (Å²) in [4.78, 5) is 0. The topological polar surface area (TPSA) is 12.0 Å². The fraction of sp³-hybridized carbons (Fsp3) is 0.684. The number of hydrogen-bond donors (Lipinski definition) is 1. The minimum Gasteiger partial charge on any atom is -0.316 e. The highest BCUT2D eigenvalue weighted by molar-refractivity contribution is 9.10. The van der Waals surface area contributed by atoms with Gasteiger partial charge in [-0.25, -0.2) is 0 Å². The van der Waals surface area contributed by atoms with Gasteiger partial charge in [0.2, 0.25) is 0 Å². The molecule has 0 bridgehead atoms.